The number of imidazole rings is 1. The largest absolute Gasteiger partial charge is 0.481 e. The van der Waals surface area contributed by atoms with E-state index in [1.165, 1.54) is 0 Å². The lowest BCUT2D eigenvalue weighted by Crippen LogP contribution is -2.04. The molecule has 0 saturated heterocycles. The van der Waals surface area contributed by atoms with E-state index in [0.717, 1.165) is 16.8 Å². The van der Waals surface area contributed by atoms with Crippen LogP contribution in [0.5, 0.6) is 0 Å². The van der Waals surface area contributed by atoms with E-state index < -0.39 is 5.97 Å². The highest BCUT2D eigenvalue weighted by Crippen LogP contribution is 2.24. The smallest absolute Gasteiger partial charge is 0.304 e. The second-order valence-corrected chi connectivity index (χ2v) is 4.08. The number of carbonyl (C=O) groups is 1. The highest BCUT2D eigenvalue weighted by atomic mass is 16.4. The third-order valence-electron chi connectivity index (χ3n) is 2.74. The van der Waals surface area contributed by atoms with Gasteiger partial charge in [-0.1, -0.05) is 13.0 Å². The van der Waals surface area contributed by atoms with E-state index in [0.29, 0.717) is 0 Å². The van der Waals surface area contributed by atoms with E-state index in [4.69, 9.17) is 5.11 Å². The lowest BCUT2D eigenvalue weighted by Gasteiger charge is -2.07. The summed E-state index contributed by atoms with van der Waals surface area (Å²) in [6.45, 7) is 3.90. The molecule has 0 spiro atoms. The second kappa shape index (κ2) is 3.96. The average Bonchev–Trinajstić information content (AvgIpc) is 2.61. The summed E-state index contributed by atoms with van der Waals surface area (Å²) in [5.74, 6) is -0.856. The molecule has 0 radical (unpaired) electrons. The number of hydrogen-bond acceptors (Lipinski definition) is 2. The number of aromatic nitrogens is 2. The van der Waals surface area contributed by atoms with Crippen LogP contribution in [0.1, 0.15) is 30.5 Å². The number of pyridine rings is 1. The van der Waals surface area contributed by atoms with Crippen LogP contribution in [0.25, 0.3) is 5.52 Å². The Balaban J connectivity index is 2.48. The van der Waals surface area contributed by atoms with E-state index in [9.17, 15) is 4.79 Å². The molecule has 2 aromatic heterocycles. The molecule has 0 bridgehead atoms. The fourth-order valence-electron chi connectivity index (χ4n) is 1.97. The minimum absolute atomic E-state index is 0.0661. The molecule has 0 aromatic carbocycles. The molecule has 1 unspecified atom stereocenters. The van der Waals surface area contributed by atoms with Crippen LogP contribution in [0.3, 0.4) is 0 Å². The van der Waals surface area contributed by atoms with Crippen molar-refractivity contribution in [2.45, 2.75) is 26.2 Å². The maximum Gasteiger partial charge on any atom is 0.304 e. The van der Waals surface area contributed by atoms with Gasteiger partial charge >= 0.3 is 5.97 Å². The molecule has 4 nitrogen and oxygen atoms in total. The van der Waals surface area contributed by atoms with E-state index in [1.807, 2.05) is 36.6 Å². The SMILES string of the molecule is Cc1cccn2cnc(C(C)CC(=O)O)c12. The van der Waals surface area contributed by atoms with Crippen LogP contribution in [-0.2, 0) is 4.79 Å². The summed E-state index contributed by atoms with van der Waals surface area (Å²) in [6, 6.07) is 3.96. The first-order chi connectivity index (χ1) is 7.59. The van der Waals surface area contributed by atoms with Gasteiger partial charge in [-0.05, 0) is 18.6 Å². The Morgan fingerprint density at radius 3 is 3.06 bits per heavy atom. The number of hydrogen-bond donors (Lipinski definition) is 1. The summed E-state index contributed by atoms with van der Waals surface area (Å²) < 4.78 is 1.93. The zero-order valence-corrected chi connectivity index (χ0v) is 9.34. The highest BCUT2D eigenvalue weighted by molar-refractivity contribution is 5.69. The van der Waals surface area contributed by atoms with Gasteiger partial charge in [0, 0.05) is 12.1 Å². The number of fused-ring (bicyclic) bond motifs is 1. The Bertz CT molecular complexity index is 531. The number of carboxylic acids is 1. The summed E-state index contributed by atoms with van der Waals surface area (Å²) in [7, 11) is 0. The van der Waals surface area contributed by atoms with E-state index in [-0.39, 0.29) is 12.3 Å². The Kier molecular flexibility index (Phi) is 2.64. The molecule has 2 heterocycles. The van der Waals surface area contributed by atoms with Crippen molar-refractivity contribution in [3.63, 3.8) is 0 Å². The number of nitrogens with zero attached hydrogens (tertiary/aromatic N) is 2. The fourth-order valence-corrected chi connectivity index (χ4v) is 1.97. The van der Waals surface area contributed by atoms with Crippen molar-refractivity contribution < 1.29 is 9.90 Å². The summed E-state index contributed by atoms with van der Waals surface area (Å²) >= 11 is 0. The van der Waals surface area contributed by atoms with Crippen molar-refractivity contribution in [2.75, 3.05) is 0 Å². The highest BCUT2D eigenvalue weighted by Gasteiger charge is 2.16. The zero-order chi connectivity index (χ0) is 11.7. The molecule has 2 rings (SSSR count). The van der Waals surface area contributed by atoms with Crippen molar-refractivity contribution in [3.8, 4) is 0 Å². The molecular formula is C12H14N2O2. The molecule has 1 atom stereocenters. The predicted octanol–water partition coefficient (Wildman–Crippen LogP) is 2.22. The van der Waals surface area contributed by atoms with Gasteiger partial charge in [-0.25, -0.2) is 4.98 Å². The molecule has 16 heavy (non-hydrogen) atoms. The van der Waals surface area contributed by atoms with E-state index in [1.54, 1.807) is 6.33 Å². The Morgan fingerprint density at radius 2 is 2.38 bits per heavy atom. The van der Waals surface area contributed by atoms with Crippen LogP contribution in [0.15, 0.2) is 24.7 Å². The molecular weight excluding hydrogens is 204 g/mol. The number of aliphatic carboxylic acids is 1. The minimum atomic E-state index is -0.790. The zero-order valence-electron chi connectivity index (χ0n) is 9.34. The van der Waals surface area contributed by atoms with Gasteiger partial charge < -0.3 is 9.51 Å². The molecule has 2 aromatic rings. The average molecular weight is 218 g/mol. The third kappa shape index (κ3) is 1.78. The third-order valence-corrected chi connectivity index (χ3v) is 2.74. The Morgan fingerprint density at radius 1 is 1.62 bits per heavy atom. The molecule has 0 aliphatic carbocycles. The van der Waals surface area contributed by atoms with Gasteiger partial charge in [-0.3, -0.25) is 4.79 Å². The van der Waals surface area contributed by atoms with Gasteiger partial charge in [-0.2, -0.15) is 0 Å². The van der Waals surface area contributed by atoms with Crippen LogP contribution in [0, 0.1) is 6.92 Å². The van der Waals surface area contributed by atoms with Gasteiger partial charge in [-0.15, -0.1) is 0 Å². The van der Waals surface area contributed by atoms with Crippen LogP contribution in [-0.4, -0.2) is 20.5 Å². The first kappa shape index (κ1) is 10.7. The van der Waals surface area contributed by atoms with E-state index in [2.05, 4.69) is 4.98 Å². The summed E-state index contributed by atoms with van der Waals surface area (Å²) in [5.41, 5.74) is 3.00. The quantitative estimate of drug-likeness (QED) is 0.859. The maximum absolute atomic E-state index is 10.7. The predicted molar refractivity (Wildman–Crippen MR) is 60.6 cm³/mol. The monoisotopic (exact) mass is 218 g/mol. The van der Waals surface area contributed by atoms with Gasteiger partial charge in [0.05, 0.1) is 24.0 Å². The van der Waals surface area contributed by atoms with Crippen LogP contribution >= 0.6 is 0 Å². The first-order valence-corrected chi connectivity index (χ1v) is 5.23. The van der Waals surface area contributed by atoms with Crippen molar-refractivity contribution in [2.24, 2.45) is 0 Å². The number of aryl methyl sites for hydroxylation is 1. The second-order valence-electron chi connectivity index (χ2n) is 4.08. The van der Waals surface area contributed by atoms with Crippen molar-refractivity contribution in [1.82, 2.24) is 9.38 Å². The van der Waals surface area contributed by atoms with Gasteiger partial charge in [0.2, 0.25) is 0 Å². The molecule has 0 saturated carbocycles. The van der Waals surface area contributed by atoms with Gasteiger partial charge in [0.1, 0.15) is 0 Å². The lowest BCUT2D eigenvalue weighted by atomic mass is 10.0. The summed E-state index contributed by atoms with van der Waals surface area (Å²) in [4.78, 5) is 15.0. The summed E-state index contributed by atoms with van der Waals surface area (Å²) in [5, 5.41) is 8.79. The van der Waals surface area contributed by atoms with Gasteiger partial charge in [0.15, 0.2) is 0 Å². The fraction of sp³-hybridized carbons (Fsp3) is 0.333. The Labute approximate surface area is 93.5 Å². The number of carboxylic acid groups (broad SMARTS) is 1. The topological polar surface area (TPSA) is 54.6 Å². The molecule has 0 amide bonds. The standard InChI is InChI=1S/C12H14N2O2/c1-8-4-3-5-14-7-13-11(12(8)14)9(2)6-10(15)16/h3-5,7,9H,6H2,1-2H3,(H,15,16). The summed E-state index contributed by atoms with van der Waals surface area (Å²) in [6.07, 6.45) is 3.77. The van der Waals surface area contributed by atoms with Gasteiger partial charge in [0.25, 0.3) is 0 Å². The number of rotatable bonds is 3. The molecule has 0 aliphatic heterocycles. The normalized spacial score (nSPS) is 12.9. The first-order valence-electron chi connectivity index (χ1n) is 5.23. The maximum atomic E-state index is 10.7. The van der Waals surface area contributed by atoms with Crippen LogP contribution < -0.4 is 0 Å². The van der Waals surface area contributed by atoms with Crippen LogP contribution in [0.4, 0.5) is 0 Å². The minimum Gasteiger partial charge on any atom is -0.481 e. The molecule has 0 aliphatic rings. The molecule has 84 valence electrons. The van der Waals surface area contributed by atoms with Crippen molar-refractivity contribution >= 4 is 11.5 Å². The molecule has 0 fully saturated rings. The Hall–Kier alpha value is -1.84. The lowest BCUT2D eigenvalue weighted by molar-refractivity contribution is -0.137. The van der Waals surface area contributed by atoms with Crippen molar-refractivity contribution in [1.29, 1.82) is 0 Å². The molecule has 1 N–H and O–H groups in total. The van der Waals surface area contributed by atoms with Crippen LogP contribution in [0.2, 0.25) is 0 Å². The van der Waals surface area contributed by atoms with Crippen molar-refractivity contribution in [3.05, 3.63) is 35.9 Å². The van der Waals surface area contributed by atoms with E-state index >= 15 is 0 Å². The molecule has 4 heteroatoms.